The number of hydrogen-bond acceptors (Lipinski definition) is 3. The van der Waals surface area contributed by atoms with Crippen LogP contribution in [0.15, 0.2) is 42.6 Å². The SMILES string of the molecule is CCN(Cc1cccnc1C#N)c1cccc(F)c1. The second kappa shape index (κ2) is 5.96. The van der Waals surface area contributed by atoms with Crippen LogP contribution in [0.1, 0.15) is 18.2 Å². The standard InChI is InChI=1S/C15H14FN3/c1-2-19(14-7-3-6-13(16)9-14)11-12-5-4-8-18-15(12)10-17/h3-9H,2,11H2,1H3. The van der Waals surface area contributed by atoms with Gasteiger partial charge in [0.2, 0.25) is 0 Å². The van der Waals surface area contributed by atoms with E-state index in [1.54, 1.807) is 18.3 Å². The maximum Gasteiger partial charge on any atom is 0.145 e. The fraction of sp³-hybridized carbons (Fsp3) is 0.200. The van der Waals surface area contributed by atoms with Gasteiger partial charge in [0.25, 0.3) is 0 Å². The second-order valence-electron chi connectivity index (χ2n) is 4.12. The summed E-state index contributed by atoms with van der Waals surface area (Å²) >= 11 is 0. The van der Waals surface area contributed by atoms with Gasteiger partial charge in [0, 0.05) is 30.5 Å². The first kappa shape index (κ1) is 13.0. The van der Waals surface area contributed by atoms with E-state index in [2.05, 4.69) is 11.1 Å². The fourth-order valence-corrected chi connectivity index (χ4v) is 1.93. The van der Waals surface area contributed by atoms with Crippen molar-refractivity contribution in [2.75, 3.05) is 11.4 Å². The molecule has 1 aromatic heterocycles. The highest BCUT2D eigenvalue weighted by Crippen LogP contribution is 2.18. The summed E-state index contributed by atoms with van der Waals surface area (Å²) < 4.78 is 13.3. The molecule has 0 N–H and O–H groups in total. The smallest absolute Gasteiger partial charge is 0.145 e. The Labute approximate surface area is 111 Å². The van der Waals surface area contributed by atoms with Crippen LogP contribution in [-0.4, -0.2) is 11.5 Å². The molecular weight excluding hydrogens is 241 g/mol. The number of halogens is 1. The van der Waals surface area contributed by atoms with Crippen molar-refractivity contribution < 1.29 is 4.39 Å². The summed E-state index contributed by atoms with van der Waals surface area (Å²) in [6.45, 7) is 3.26. The van der Waals surface area contributed by atoms with Crippen molar-refractivity contribution in [1.82, 2.24) is 4.98 Å². The highest BCUT2D eigenvalue weighted by atomic mass is 19.1. The molecule has 3 nitrogen and oxygen atoms in total. The Kier molecular flexibility index (Phi) is 4.09. The summed E-state index contributed by atoms with van der Waals surface area (Å²) in [4.78, 5) is 6.03. The number of aromatic nitrogens is 1. The number of anilines is 1. The first-order chi connectivity index (χ1) is 9.24. The molecule has 0 atom stereocenters. The van der Waals surface area contributed by atoms with Crippen LogP contribution in [0.25, 0.3) is 0 Å². The van der Waals surface area contributed by atoms with E-state index in [0.29, 0.717) is 12.2 Å². The minimum atomic E-state index is -0.261. The maximum absolute atomic E-state index is 13.3. The molecule has 0 aliphatic rings. The lowest BCUT2D eigenvalue weighted by Crippen LogP contribution is -2.22. The Bertz CT molecular complexity index is 604. The van der Waals surface area contributed by atoms with Gasteiger partial charge in [-0.2, -0.15) is 5.26 Å². The molecule has 0 saturated heterocycles. The minimum absolute atomic E-state index is 0.261. The van der Waals surface area contributed by atoms with Gasteiger partial charge in [0.05, 0.1) is 0 Å². The van der Waals surface area contributed by atoms with Crippen LogP contribution in [0.4, 0.5) is 10.1 Å². The third-order valence-electron chi connectivity index (χ3n) is 2.91. The number of nitriles is 1. The summed E-state index contributed by atoms with van der Waals surface area (Å²) in [7, 11) is 0. The molecule has 0 aliphatic carbocycles. The van der Waals surface area contributed by atoms with Crippen LogP contribution in [0.2, 0.25) is 0 Å². The van der Waals surface area contributed by atoms with Crippen molar-refractivity contribution in [3.05, 3.63) is 59.7 Å². The zero-order valence-electron chi connectivity index (χ0n) is 10.7. The van der Waals surface area contributed by atoms with E-state index >= 15 is 0 Å². The second-order valence-corrected chi connectivity index (χ2v) is 4.12. The molecule has 4 heteroatoms. The topological polar surface area (TPSA) is 39.9 Å². The van der Waals surface area contributed by atoms with Crippen molar-refractivity contribution >= 4 is 5.69 Å². The fourth-order valence-electron chi connectivity index (χ4n) is 1.93. The van der Waals surface area contributed by atoms with Crippen molar-refractivity contribution in [3.8, 4) is 6.07 Å². The quantitative estimate of drug-likeness (QED) is 0.842. The number of pyridine rings is 1. The average molecular weight is 255 g/mol. The monoisotopic (exact) mass is 255 g/mol. The molecule has 0 unspecified atom stereocenters. The lowest BCUT2D eigenvalue weighted by Gasteiger charge is -2.23. The lowest BCUT2D eigenvalue weighted by molar-refractivity contribution is 0.626. The maximum atomic E-state index is 13.3. The van der Waals surface area contributed by atoms with Crippen LogP contribution < -0.4 is 4.90 Å². The van der Waals surface area contributed by atoms with Crippen LogP contribution >= 0.6 is 0 Å². The Balaban J connectivity index is 2.27. The third-order valence-corrected chi connectivity index (χ3v) is 2.91. The molecule has 2 aromatic rings. The summed E-state index contributed by atoms with van der Waals surface area (Å²) in [5, 5.41) is 9.03. The van der Waals surface area contributed by atoms with Crippen LogP contribution in [-0.2, 0) is 6.54 Å². The first-order valence-corrected chi connectivity index (χ1v) is 6.09. The molecule has 0 radical (unpaired) electrons. The van der Waals surface area contributed by atoms with Gasteiger partial charge in [0.1, 0.15) is 17.6 Å². The molecule has 1 heterocycles. The molecule has 0 aliphatic heterocycles. The third kappa shape index (κ3) is 3.08. The van der Waals surface area contributed by atoms with Crippen LogP contribution in [0, 0.1) is 17.1 Å². The average Bonchev–Trinajstić information content (AvgIpc) is 2.45. The summed E-state index contributed by atoms with van der Waals surface area (Å²) in [5.41, 5.74) is 2.06. The van der Waals surface area contributed by atoms with E-state index in [1.807, 2.05) is 24.0 Å². The van der Waals surface area contributed by atoms with Crippen molar-refractivity contribution in [2.24, 2.45) is 0 Å². The van der Waals surface area contributed by atoms with Crippen molar-refractivity contribution in [2.45, 2.75) is 13.5 Å². The van der Waals surface area contributed by atoms with Crippen molar-refractivity contribution in [3.63, 3.8) is 0 Å². The highest BCUT2D eigenvalue weighted by molar-refractivity contribution is 5.48. The molecule has 0 amide bonds. The Morgan fingerprint density at radius 3 is 2.84 bits per heavy atom. The molecule has 96 valence electrons. The predicted molar refractivity (Wildman–Crippen MR) is 72.1 cm³/mol. The Hall–Kier alpha value is -2.41. The van der Waals surface area contributed by atoms with E-state index in [4.69, 9.17) is 5.26 Å². The van der Waals surface area contributed by atoms with Gasteiger partial charge in [-0.3, -0.25) is 0 Å². The van der Waals surface area contributed by atoms with Gasteiger partial charge in [-0.05, 0) is 31.2 Å². The van der Waals surface area contributed by atoms with E-state index < -0.39 is 0 Å². The number of hydrogen-bond donors (Lipinski definition) is 0. The molecular formula is C15H14FN3. The van der Waals surface area contributed by atoms with Crippen LogP contribution in [0.5, 0.6) is 0 Å². The van der Waals surface area contributed by atoms with Gasteiger partial charge >= 0.3 is 0 Å². The van der Waals surface area contributed by atoms with Gasteiger partial charge in [-0.25, -0.2) is 9.37 Å². The molecule has 0 bridgehead atoms. The summed E-state index contributed by atoms with van der Waals surface area (Å²) in [6.07, 6.45) is 1.60. The van der Waals surface area contributed by atoms with Gasteiger partial charge in [0.15, 0.2) is 0 Å². The highest BCUT2D eigenvalue weighted by Gasteiger charge is 2.09. The molecule has 1 aromatic carbocycles. The molecule has 0 saturated carbocycles. The Morgan fingerprint density at radius 1 is 1.32 bits per heavy atom. The number of rotatable bonds is 4. The summed E-state index contributed by atoms with van der Waals surface area (Å²) in [6, 6.07) is 12.2. The van der Waals surface area contributed by atoms with Gasteiger partial charge in [-0.1, -0.05) is 12.1 Å². The zero-order valence-corrected chi connectivity index (χ0v) is 10.7. The van der Waals surface area contributed by atoms with E-state index in [0.717, 1.165) is 17.8 Å². The minimum Gasteiger partial charge on any atom is -0.367 e. The normalized spacial score (nSPS) is 9.95. The van der Waals surface area contributed by atoms with E-state index in [9.17, 15) is 4.39 Å². The van der Waals surface area contributed by atoms with E-state index in [1.165, 1.54) is 12.1 Å². The number of nitrogens with zero attached hydrogens (tertiary/aromatic N) is 3. The lowest BCUT2D eigenvalue weighted by atomic mass is 10.1. The van der Waals surface area contributed by atoms with Gasteiger partial charge < -0.3 is 4.90 Å². The molecule has 0 spiro atoms. The summed E-state index contributed by atoms with van der Waals surface area (Å²) in [5.74, 6) is -0.261. The predicted octanol–water partition coefficient (Wildman–Crippen LogP) is 3.12. The number of benzene rings is 1. The zero-order chi connectivity index (χ0) is 13.7. The van der Waals surface area contributed by atoms with Gasteiger partial charge in [-0.15, -0.1) is 0 Å². The molecule has 0 fully saturated rings. The molecule has 19 heavy (non-hydrogen) atoms. The van der Waals surface area contributed by atoms with Crippen molar-refractivity contribution in [1.29, 1.82) is 5.26 Å². The Morgan fingerprint density at radius 2 is 2.16 bits per heavy atom. The van der Waals surface area contributed by atoms with E-state index in [-0.39, 0.29) is 5.82 Å². The molecule has 2 rings (SSSR count). The van der Waals surface area contributed by atoms with Crippen LogP contribution in [0.3, 0.4) is 0 Å². The first-order valence-electron chi connectivity index (χ1n) is 6.09. The largest absolute Gasteiger partial charge is 0.367 e.